The number of rotatable bonds is 3. The molecule has 0 amide bonds. The van der Waals surface area contributed by atoms with E-state index in [2.05, 4.69) is 6.07 Å². The van der Waals surface area contributed by atoms with Gasteiger partial charge >= 0.3 is 0 Å². The number of hydrogen-bond acceptors (Lipinski definition) is 4. The third-order valence-corrected chi connectivity index (χ3v) is 5.82. The van der Waals surface area contributed by atoms with E-state index in [4.69, 9.17) is 5.26 Å². The summed E-state index contributed by atoms with van der Waals surface area (Å²) >= 11 is 0. The second-order valence-corrected chi connectivity index (χ2v) is 7.06. The highest BCUT2D eigenvalue weighted by molar-refractivity contribution is 7.89. The largest absolute Gasteiger partial charge is 0.286 e. The van der Waals surface area contributed by atoms with Gasteiger partial charge in [-0.15, -0.1) is 0 Å². The Morgan fingerprint density at radius 1 is 1.29 bits per heavy atom. The molecular formula is C14H18FN3O2S. The molecule has 2 rings (SSSR count). The minimum absolute atomic E-state index is 0.0179. The number of halogens is 1. The van der Waals surface area contributed by atoms with Gasteiger partial charge in [0.2, 0.25) is 10.0 Å². The molecule has 0 N–H and O–H groups in total. The van der Waals surface area contributed by atoms with Gasteiger partial charge in [0.15, 0.2) is 0 Å². The molecule has 21 heavy (non-hydrogen) atoms. The van der Waals surface area contributed by atoms with Gasteiger partial charge < -0.3 is 0 Å². The standard InChI is InChI=1S/C14H18FN3O2S/c1-11-3-4-13(15)9-14(11)21(19,20)18-7-5-17(6-8-18)12(2)10-16/h3-4,9,12H,5-8H2,1-2H3. The normalized spacial score (nSPS) is 19.1. The number of hydrogen-bond donors (Lipinski definition) is 0. The maximum Gasteiger partial charge on any atom is 0.243 e. The van der Waals surface area contributed by atoms with Crippen molar-refractivity contribution in [2.75, 3.05) is 26.2 Å². The van der Waals surface area contributed by atoms with Crippen molar-refractivity contribution in [3.05, 3.63) is 29.6 Å². The second kappa shape index (κ2) is 6.10. The van der Waals surface area contributed by atoms with Gasteiger partial charge in [-0.05, 0) is 31.5 Å². The molecule has 0 radical (unpaired) electrons. The van der Waals surface area contributed by atoms with E-state index in [0.29, 0.717) is 31.7 Å². The number of aryl methyl sites for hydroxylation is 1. The van der Waals surface area contributed by atoms with Gasteiger partial charge in [0.25, 0.3) is 0 Å². The number of piperazine rings is 1. The maximum atomic E-state index is 13.3. The van der Waals surface area contributed by atoms with Gasteiger partial charge in [0, 0.05) is 26.2 Å². The van der Waals surface area contributed by atoms with Crippen LogP contribution in [0.15, 0.2) is 23.1 Å². The zero-order valence-electron chi connectivity index (χ0n) is 12.1. The molecule has 1 aliphatic rings. The van der Waals surface area contributed by atoms with Crippen LogP contribution in [0.25, 0.3) is 0 Å². The third-order valence-electron chi connectivity index (χ3n) is 3.78. The van der Waals surface area contributed by atoms with Crippen LogP contribution >= 0.6 is 0 Å². The van der Waals surface area contributed by atoms with Crippen LogP contribution in [-0.4, -0.2) is 49.8 Å². The Bertz CT molecular complexity index is 661. The molecule has 5 nitrogen and oxygen atoms in total. The van der Waals surface area contributed by atoms with Crippen molar-refractivity contribution in [2.24, 2.45) is 0 Å². The SMILES string of the molecule is Cc1ccc(F)cc1S(=O)(=O)N1CCN(C(C)C#N)CC1. The summed E-state index contributed by atoms with van der Waals surface area (Å²) in [6.07, 6.45) is 0. The minimum Gasteiger partial charge on any atom is -0.286 e. The van der Waals surface area contributed by atoms with Crippen molar-refractivity contribution in [3.63, 3.8) is 0 Å². The Morgan fingerprint density at radius 2 is 1.90 bits per heavy atom. The molecule has 7 heteroatoms. The molecule has 1 fully saturated rings. The molecule has 1 saturated heterocycles. The number of nitrogens with zero attached hydrogens (tertiary/aromatic N) is 3. The lowest BCUT2D eigenvalue weighted by Crippen LogP contribution is -2.51. The summed E-state index contributed by atoms with van der Waals surface area (Å²) in [5, 5.41) is 8.89. The summed E-state index contributed by atoms with van der Waals surface area (Å²) in [5.41, 5.74) is 0.532. The Kier molecular flexibility index (Phi) is 4.61. The van der Waals surface area contributed by atoms with Crippen LogP contribution in [0.2, 0.25) is 0 Å². The molecular weight excluding hydrogens is 293 g/mol. The molecule has 114 valence electrons. The molecule has 1 heterocycles. The first-order valence-electron chi connectivity index (χ1n) is 6.76. The molecule has 0 aromatic heterocycles. The van der Waals surface area contributed by atoms with Crippen LogP contribution in [-0.2, 0) is 10.0 Å². The molecule has 0 spiro atoms. The molecule has 1 unspecified atom stereocenters. The van der Waals surface area contributed by atoms with Crippen LogP contribution in [0.1, 0.15) is 12.5 Å². The van der Waals surface area contributed by atoms with E-state index >= 15 is 0 Å². The zero-order valence-corrected chi connectivity index (χ0v) is 12.9. The Morgan fingerprint density at radius 3 is 2.48 bits per heavy atom. The molecule has 0 saturated carbocycles. The summed E-state index contributed by atoms with van der Waals surface area (Å²) in [6, 6.07) is 5.70. The van der Waals surface area contributed by atoms with Gasteiger partial charge in [0.1, 0.15) is 5.82 Å². The lowest BCUT2D eigenvalue weighted by atomic mass is 10.2. The predicted molar refractivity (Wildman–Crippen MR) is 76.5 cm³/mol. The molecule has 0 aliphatic carbocycles. The summed E-state index contributed by atoms with van der Waals surface area (Å²) in [5.74, 6) is -0.559. The first kappa shape index (κ1) is 15.9. The molecule has 0 bridgehead atoms. The Balaban J connectivity index is 2.19. The van der Waals surface area contributed by atoms with Gasteiger partial charge in [-0.3, -0.25) is 4.90 Å². The second-order valence-electron chi connectivity index (χ2n) is 5.15. The van der Waals surface area contributed by atoms with E-state index in [-0.39, 0.29) is 10.9 Å². The number of benzene rings is 1. The lowest BCUT2D eigenvalue weighted by Gasteiger charge is -2.35. The van der Waals surface area contributed by atoms with Crippen LogP contribution in [0.3, 0.4) is 0 Å². The monoisotopic (exact) mass is 311 g/mol. The highest BCUT2D eigenvalue weighted by Crippen LogP contribution is 2.22. The van der Waals surface area contributed by atoms with E-state index in [0.717, 1.165) is 6.07 Å². The molecule has 1 atom stereocenters. The van der Waals surface area contributed by atoms with Crippen molar-refractivity contribution in [1.82, 2.24) is 9.21 Å². The minimum atomic E-state index is -3.69. The van der Waals surface area contributed by atoms with Crippen LogP contribution in [0.4, 0.5) is 4.39 Å². The summed E-state index contributed by atoms with van der Waals surface area (Å²) in [4.78, 5) is 1.95. The highest BCUT2D eigenvalue weighted by atomic mass is 32.2. The van der Waals surface area contributed by atoms with Crippen molar-refractivity contribution < 1.29 is 12.8 Å². The average Bonchev–Trinajstić information content (AvgIpc) is 2.49. The van der Waals surface area contributed by atoms with Gasteiger partial charge in [0.05, 0.1) is 17.0 Å². The van der Waals surface area contributed by atoms with Crippen molar-refractivity contribution >= 4 is 10.0 Å². The first-order valence-corrected chi connectivity index (χ1v) is 8.20. The predicted octanol–water partition coefficient (Wildman–Crippen LogP) is 1.35. The fourth-order valence-electron chi connectivity index (χ4n) is 2.40. The summed E-state index contributed by atoms with van der Waals surface area (Å²) in [7, 11) is -3.69. The van der Waals surface area contributed by atoms with E-state index in [1.165, 1.54) is 16.4 Å². The Labute approximate surface area is 124 Å². The van der Waals surface area contributed by atoms with Crippen LogP contribution in [0, 0.1) is 24.1 Å². The lowest BCUT2D eigenvalue weighted by molar-refractivity contribution is 0.169. The third kappa shape index (κ3) is 3.23. The average molecular weight is 311 g/mol. The molecule has 1 aromatic rings. The van der Waals surface area contributed by atoms with Gasteiger partial charge in [-0.1, -0.05) is 6.07 Å². The van der Waals surface area contributed by atoms with Gasteiger partial charge in [-0.2, -0.15) is 9.57 Å². The Hall–Kier alpha value is -1.49. The van der Waals surface area contributed by atoms with Crippen LogP contribution in [0.5, 0.6) is 0 Å². The van der Waals surface area contributed by atoms with E-state index in [9.17, 15) is 12.8 Å². The number of nitriles is 1. The smallest absolute Gasteiger partial charge is 0.243 e. The van der Waals surface area contributed by atoms with Crippen LogP contribution < -0.4 is 0 Å². The fourth-order valence-corrected chi connectivity index (χ4v) is 4.06. The first-order chi connectivity index (χ1) is 9.86. The van der Waals surface area contributed by atoms with E-state index in [1.54, 1.807) is 13.8 Å². The van der Waals surface area contributed by atoms with E-state index in [1.807, 2.05) is 4.90 Å². The van der Waals surface area contributed by atoms with Crippen molar-refractivity contribution in [3.8, 4) is 6.07 Å². The topological polar surface area (TPSA) is 64.4 Å². The maximum absolute atomic E-state index is 13.3. The zero-order chi connectivity index (χ0) is 15.6. The van der Waals surface area contributed by atoms with Crippen molar-refractivity contribution in [2.45, 2.75) is 24.8 Å². The highest BCUT2D eigenvalue weighted by Gasteiger charge is 2.31. The summed E-state index contributed by atoms with van der Waals surface area (Å²) in [6.45, 7) is 5.07. The quantitative estimate of drug-likeness (QED) is 0.845. The van der Waals surface area contributed by atoms with Crippen molar-refractivity contribution in [1.29, 1.82) is 5.26 Å². The molecule has 1 aliphatic heterocycles. The molecule has 1 aromatic carbocycles. The van der Waals surface area contributed by atoms with Gasteiger partial charge in [-0.25, -0.2) is 12.8 Å². The van der Waals surface area contributed by atoms with E-state index < -0.39 is 15.8 Å². The number of sulfonamides is 1. The fraction of sp³-hybridized carbons (Fsp3) is 0.500. The summed E-state index contributed by atoms with van der Waals surface area (Å²) < 4.78 is 39.9.